The third-order valence-electron chi connectivity index (χ3n) is 2.48. The molecule has 0 aliphatic rings. The Bertz CT molecular complexity index is 569. The summed E-state index contributed by atoms with van der Waals surface area (Å²) in [4.78, 5) is 11.7. The molecule has 1 heterocycles. The molecule has 2 aromatic rings. The molecule has 0 bridgehead atoms. The first-order valence-electron chi connectivity index (χ1n) is 5.71. The standard InChI is InChI=1S/C13H13FN2O3/c1-18-7-6-15-13(17)12-8-11(16-19-12)9-4-2-3-5-10(9)14/h2-5,8H,6-7H2,1H3,(H,15,17). The van der Waals surface area contributed by atoms with Crippen molar-refractivity contribution >= 4 is 5.91 Å². The largest absolute Gasteiger partial charge is 0.383 e. The summed E-state index contributed by atoms with van der Waals surface area (Å²) in [7, 11) is 1.54. The van der Waals surface area contributed by atoms with Crippen LogP contribution in [-0.4, -0.2) is 31.3 Å². The molecule has 5 nitrogen and oxygen atoms in total. The molecule has 100 valence electrons. The van der Waals surface area contributed by atoms with Crippen molar-refractivity contribution in [2.24, 2.45) is 0 Å². The highest BCUT2D eigenvalue weighted by atomic mass is 19.1. The zero-order chi connectivity index (χ0) is 13.7. The van der Waals surface area contributed by atoms with Crippen LogP contribution >= 0.6 is 0 Å². The molecule has 0 unspecified atom stereocenters. The van der Waals surface area contributed by atoms with Crippen LogP contribution in [0.5, 0.6) is 0 Å². The van der Waals surface area contributed by atoms with Crippen LogP contribution in [0.25, 0.3) is 11.3 Å². The van der Waals surface area contributed by atoms with Gasteiger partial charge in [-0.15, -0.1) is 0 Å². The first-order chi connectivity index (χ1) is 9.22. The van der Waals surface area contributed by atoms with E-state index in [1.165, 1.54) is 19.2 Å². The number of ether oxygens (including phenoxy) is 1. The van der Waals surface area contributed by atoms with Crippen molar-refractivity contribution in [3.63, 3.8) is 0 Å². The Balaban J connectivity index is 2.11. The number of hydrogen-bond donors (Lipinski definition) is 1. The molecule has 0 aliphatic heterocycles. The molecule has 19 heavy (non-hydrogen) atoms. The van der Waals surface area contributed by atoms with E-state index in [0.29, 0.717) is 18.7 Å². The second kappa shape index (κ2) is 6.10. The average molecular weight is 264 g/mol. The molecule has 0 fully saturated rings. The summed E-state index contributed by atoms with van der Waals surface area (Å²) < 4.78 is 23.2. The van der Waals surface area contributed by atoms with Crippen LogP contribution in [0.1, 0.15) is 10.6 Å². The van der Waals surface area contributed by atoms with E-state index in [1.54, 1.807) is 18.2 Å². The molecule has 1 aromatic carbocycles. The van der Waals surface area contributed by atoms with Crippen LogP contribution in [-0.2, 0) is 4.74 Å². The Hall–Kier alpha value is -2.21. The number of nitrogens with zero attached hydrogens (tertiary/aromatic N) is 1. The maximum absolute atomic E-state index is 13.5. The van der Waals surface area contributed by atoms with E-state index in [1.807, 2.05) is 0 Å². The van der Waals surface area contributed by atoms with Gasteiger partial charge in [-0.3, -0.25) is 4.79 Å². The lowest BCUT2D eigenvalue weighted by molar-refractivity contribution is 0.0900. The van der Waals surface area contributed by atoms with E-state index in [0.717, 1.165) is 0 Å². The molecule has 0 saturated carbocycles. The molecule has 0 aliphatic carbocycles. The van der Waals surface area contributed by atoms with E-state index < -0.39 is 11.7 Å². The number of nitrogens with one attached hydrogen (secondary N) is 1. The van der Waals surface area contributed by atoms with Gasteiger partial charge in [-0.05, 0) is 12.1 Å². The van der Waals surface area contributed by atoms with Gasteiger partial charge in [-0.25, -0.2) is 4.39 Å². The summed E-state index contributed by atoms with van der Waals surface area (Å²) in [6.07, 6.45) is 0. The molecule has 6 heteroatoms. The predicted molar refractivity (Wildman–Crippen MR) is 66.1 cm³/mol. The van der Waals surface area contributed by atoms with E-state index in [4.69, 9.17) is 9.26 Å². The van der Waals surface area contributed by atoms with Gasteiger partial charge in [0.05, 0.1) is 6.61 Å². The van der Waals surface area contributed by atoms with Gasteiger partial charge >= 0.3 is 0 Å². The summed E-state index contributed by atoms with van der Waals surface area (Å²) in [5, 5.41) is 6.28. The second-order valence-corrected chi connectivity index (χ2v) is 3.80. The van der Waals surface area contributed by atoms with E-state index in [-0.39, 0.29) is 11.5 Å². The maximum Gasteiger partial charge on any atom is 0.289 e. The van der Waals surface area contributed by atoms with Gasteiger partial charge < -0.3 is 14.6 Å². The number of halogens is 1. The molecule has 0 saturated heterocycles. The van der Waals surface area contributed by atoms with E-state index in [2.05, 4.69) is 10.5 Å². The highest BCUT2D eigenvalue weighted by Crippen LogP contribution is 2.21. The van der Waals surface area contributed by atoms with Crippen LogP contribution in [0.2, 0.25) is 0 Å². The third-order valence-corrected chi connectivity index (χ3v) is 2.48. The van der Waals surface area contributed by atoms with E-state index in [9.17, 15) is 9.18 Å². The molecule has 1 aromatic heterocycles. The summed E-state index contributed by atoms with van der Waals surface area (Å²) in [5.74, 6) is -0.788. The third kappa shape index (κ3) is 3.17. The summed E-state index contributed by atoms with van der Waals surface area (Å²) >= 11 is 0. The number of carbonyl (C=O) groups is 1. The number of aromatic nitrogens is 1. The highest BCUT2D eigenvalue weighted by Gasteiger charge is 2.15. The lowest BCUT2D eigenvalue weighted by atomic mass is 10.1. The summed E-state index contributed by atoms with van der Waals surface area (Å²) in [6.45, 7) is 0.769. The molecule has 2 rings (SSSR count). The zero-order valence-corrected chi connectivity index (χ0v) is 10.4. The fourth-order valence-electron chi connectivity index (χ4n) is 1.53. The van der Waals surface area contributed by atoms with Crippen molar-refractivity contribution in [3.8, 4) is 11.3 Å². The van der Waals surface area contributed by atoms with Gasteiger partial charge in [0.25, 0.3) is 5.91 Å². The lowest BCUT2D eigenvalue weighted by Crippen LogP contribution is -2.26. The first kappa shape index (κ1) is 13.2. The zero-order valence-electron chi connectivity index (χ0n) is 10.4. The normalized spacial score (nSPS) is 10.4. The number of amides is 1. The monoisotopic (exact) mass is 264 g/mol. The Morgan fingerprint density at radius 1 is 1.47 bits per heavy atom. The van der Waals surface area contributed by atoms with Crippen LogP contribution in [0, 0.1) is 5.82 Å². The van der Waals surface area contributed by atoms with Gasteiger partial charge in [0.1, 0.15) is 11.5 Å². The van der Waals surface area contributed by atoms with Crippen molar-refractivity contribution in [1.29, 1.82) is 0 Å². The minimum absolute atomic E-state index is 0.0364. The van der Waals surface area contributed by atoms with Crippen LogP contribution in [0.15, 0.2) is 34.9 Å². The average Bonchev–Trinajstić information content (AvgIpc) is 2.89. The topological polar surface area (TPSA) is 64.4 Å². The SMILES string of the molecule is COCCNC(=O)c1cc(-c2ccccc2F)no1. The fourth-order valence-corrected chi connectivity index (χ4v) is 1.53. The van der Waals surface area contributed by atoms with Crippen LogP contribution in [0.3, 0.4) is 0 Å². The fraction of sp³-hybridized carbons (Fsp3) is 0.231. The number of hydrogen-bond acceptors (Lipinski definition) is 4. The van der Waals surface area contributed by atoms with Crippen LogP contribution < -0.4 is 5.32 Å². The highest BCUT2D eigenvalue weighted by molar-refractivity contribution is 5.92. The minimum atomic E-state index is -0.415. The molecule has 1 N–H and O–H groups in total. The summed E-state index contributed by atoms with van der Waals surface area (Å²) in [6, 6.07) is 7.56. The molecular formula is C13H13FN2O3. The smallest absolute Gasteiger partial charge is 0.289 e. The van der Waals surface area contributed by atoms with Crippen LogP contribution in [0.4, 0.5) is 4.39 Å². The van der Waals surface area contributed by atoms with Gasteiger partial charge in [0.2, 0.25) is 5.76 Å². The Labute approximate surface area is 109 Å². The number of methoxy groups -OCH3 is 1. The quantitative estimate of drug-likeness (QED) is 0.837. The Morgan fingerprint density at radius 3 is 3.00 bits per heavy atom. The van der Waals surface area contributed by atoms with E-state index >= 15 is 0 Å². The number of carbonyl (C=O) groups excluding carboxylic acids is 1. The van der Waals surface area contributed by atoms with Crippen molar-refractivity contribution in [2.75, 3.05) is 20.3 Å². The van der Waals surface area contributed by atoms with Gasteiger partial charge in [-0.1, -0.05) is 17.3 Å². The van der Waals surface area contributed by atoms with Crippen molar-refractivity contribution in [3.05, 3.63) is 41.9 Å². The van der Waals surface area contributed by atoms with Crippen molar-refractivity contribution in [2.45, 2.75) is 0 Å². The second-order valence-electron chi connectivity index (χ2n) is 3.80. The summed E-state index contributed by atoms with van der Waals surface area (Å²) in [5.41, 5.74) is 0.581. The molecular weight excluding hydrogens is 251 g/mol. The molecule has 1 amide bonds. The minimum Gasteiger partial charge on any atom is -0.383 e. The van der Waals surface area contributed by atoms with Gasteiger partial charge in [0.15, 0.2) is 0 Å². The van der Waals surface area contributed by atoms with Crippen molar-refractivity contribution < 1.29 is 18.4 Å². The lowest BCUT2D eigenvalue weighted by Gasteiger charge is -2.00. The Kier molecular flexibility index (Phi) is 4.25. The molecule has 0 spiro atoms. The first-order valence-corrected chi connectivity index (χ1v) is 5.71. The van der Waals surface area contributed by atoms with Gasteiger partial charge in [-0.2, -0.15) is 0 Å². The van der Waals surface area contributed by atoms with Crippen molar-refractivity contribution in [1.82, 2.24) is 10.5 Å². The molecule has 0 atom stereocenters. The molecule has 0 radical (unpaired) electrons. The Morgan fingerprint density at radius 2 is 2.26 bits per heavy atom. The number of rotatable bonds is 5. The van der Waals surface area contributed by atoms with Gasteiger partial charge in [0, 0.05) is 25.3 Å². The maximum atomic E-state index is 13.5. The predicted octanol–water partition coefficient (Wildman–Crippen LogP) is 1.86. The number of benzene rings is 1.